The van der Waals surface area contributed by atoms with Gasteiger partial charge in [0.2, 0.25) is 0 Å². The summed E-state index contributed by atoms with van der Waals surface area (Å²) in [5.41, 5.74) is 4.07. The summed E-state index contributed by atoms with van der Waals surface area (Å²) in [6.45, 7) is 10.8. The Morgan fingerprint density at radius 2 is 1.69 bits per heavy atom. The second-order valence-corrected chi connectivity index (χ2v) is 4.62. The second-order valence-electron chi connectivity index (χ2n) is 4.62. The topological polar surface area (TPSA) is 12.0 Å². The van der Waals surface area contributed by atoms with E-state index in [-0.39, 0.29) is 5.54 Å². The first-order valence-corrected chi connectivity index (χ1v) is 4.74. The van der Waals surface area contributed by atoms with E-state index in [0.29, 0.717) is 0 Å². The molecule has 0 aliphatic rings. The molecule has 72 valence electrons. The lowest BCUT2D eigenvalue weighted by atomic mass is 10.0. The Labute approximate surface area is 81.2 Å². The van der Waals surface area contributed by atoms with Gasteiger partial charge in [-0.15, -0.1) is 0 Å². The van der Waals surface area contributed by atoms with Crippen LogP contribution in [0.3, 0.4) is 0 Å². The highest BCUT2D eigenvalue weighted by Gasteiger charge is 2.10. The van der Waals surface area contributed by atoms with E-state index in [9.17, 15) is 0 Å². The van der Waals surface area contributed by atoms with Gasteiger partial charge >= 0.3 is 0 Å². The van der Waals surface area contributed by atoms with Gasteiger partial charge in [-0.2, -0.15) is 0 Å². The molecule has 0 unspecified atom stereocenters. The predicted molar refractivity (Wildman–Crippen MR) is 59.3 cm³/mol. The van der Waals surface area contributed by atoms with Crippen LogP contribution >= 0.6 is 0 Å². The SMILES string of the molecule is Cc1cccc(NC(C)(C)C)c1C. The summed E-state index contributed by atoms with van der Waals surface area (Å²) in [6, 6.07) is 6.37. The maximum absolute atomic E-state index is 3.49. The fourth-order valence-electron chi connectivity index (χ4n) is 1.29. The summed E-state index contributed by atoms with van der Waals surface area (Å²) in [5, 5.41) is 3.49. The molecule has 0 aliphatic heterocycles. The van der Waals surface area contributed by atoms with E-state index in [0.717, 1.165) is 0 Å². The van der Waals surface area contributed by atoms with Crippen LogP contribution in [0.15, 0.2) is 18.2 Å². The Kier molecular flexibility index (Phi) is 2.65. The van der Waals surface area contributed by atoms with Crippen molar-refractivity contribution in [1.82, 2.24) is 0 Å². The molecule has 0 amide bonds. The van der Waals surface area contributed by atoms with Crippen molar-refractivity contribution in [2.24, 2.45) is 0 Å². The van der Waals surface area contributed by atoms with Gasteiger partial charge in [0.15, 0.2) is 0 Å². The van der Waals surface area contributed by atoms with Crippen LogP contribution in [0.4, 0.5) is 5.69 Å². The molecule has 0 aliphatic carbocycles. The lowest BCUT2D eigenvalue weighted by molar-refractivity contribution is 0.633. The van der Waals surface area contributed by atoms with Crippen molar-refractivity contribution in [3.8, 4) is 0 Å². The highest BCUT2D eigenvalue weighted by Crippen LogP contribution is 2.21. The van der Waals surface area contributed by atoms with Crippen molar-refractivity contribution in [2.75, 3.05) is 5.32 Å². The molecule has 1 rings (SSSR count). The van der Waals surface area contributed by atoms with E-state index < -0.39 is 0 Å². The molecule has 0 atom stereocenters. The van der Waals surface area contributed by atoms with Crippen molar-refractivity contribution in [3.05, 3.63) is 29.3 Å². The van der Waals surface area contributed by atoms with Gasteiger partial charge in [0.1, 0.15) is 0 Å². The van der Waals surface area contributed by atoms with Crippen molar-refractivity contribution >= 4 is 5.69 Å². The minimum absolute atomic E-state index is 0.137. The normalized spacial score (nSPS) is 11.5. The number of hydrogen-bond donors (Lipinski definition) is 1. The molecular weight excluding hydrogens is 158 g/mol. The van der Waals surface area contributed by atoms with Crippen LogP contribution < -0.4 is 5.32 Å². The third kappa shape index (κ3) is 2.76. The first-order chi connectivity index (χ1) is 5.90. The number of anilines is 1. The summed E-state index contributed by atoms with van der Waals surface area (Å²) in [6.07, 6.45) is 0. The maximum Gasteiger partial charge on any atom is 0.0376 e. The van der Waals surface area contributed by atoms with E-state index in [1.165, 1.54) is 16.8 Å². The van der Waals surface area contributed by atoms with Gasteiger partial charge in [0.05, 0.1) is 0 Å². The Bertz CT molecular complexity index is 294. The molecule has 1 nitrogen and oxygen atoms in total. The summed E-state index contributed by atoms with van der Waals surface area (Å²) in [5.74, 6) is 0. The van der Waals surface area contributed by atoms with E-state index in [2.05, 4.69) is 58.1 Å². The van der Waals surface area contributed by atoms with Gasteiger partial charge in [-0.25, -0.2) is 0 Å². The average molecular weight is 177 g/mol. The van der Waals surface area contributed by atoms with Gasteiger partial charge in [-0.3, -0.25) is 0 Å². The molecule has 0 fully saturated rings. The molecule has 0 bridgehead atoms. The Morgan fingerprint density at radius 3 is 2.23 bits per heavy atom. The second kappa shape index (κ2) is 3.41. The average Bonchev–Trinajstić information content (AvgIpc) is 1.96. The van der Waals surface area contributed by atoms with Gasteiger partial charge in [-0.05, 0) is 51.8 Å². The standard InChI is InChI=1S/C12H19N/c1-9-7-6-8-11(10(9)2)13-12(3,4)5/h6-8,13H,1-5H3. The maximum atomic E-state index is 3.49. The molecule has 1 aromatic rings. The van der Waals surface area contributed by atoms with E-state index >= 15 is 0 Å². The fourth-order valence-corrected chi connectivity index (χ4v) is 1.29. The van der Waals surface area contributed by atoms with Gasteiger partial charge in [0.25, 0.3) is 0 Å². The van der Waals surface area contributed by atoms with Gasteiger partial charge < -0.3 is 5.32 Å². The monoisotopic (exact) mass is 177 g/mol. The number of rotatable bonds is 1. The van der Waals surface area contributed by atoms with Crippen molar-refractivity contribution in [2.45, 2.75) is 40.2 Å². The smallest absolute Gasteiger partial charge is 0.0376 e. The zero-order chi connectivity index (χ0) is 10.1. The van der Waals surface area contributed by atoms with Crippen molar-refractivity contribution < 1.29 is 0 Å². The zero-order valence-electron chi connectivity index (χ0n) is 9.23. The van der Waals surface area contributed by atoms with Crippen LogP contribution in [0.1, 0.15) is 31.9 Å². The van der Waals surface area contributed by atoms with Gasteiger partial charge in [0, 0.05) is 11.2 Å². The van der Waals surface area contributed by atoms with Gasteiger partial charge in [-0.1, -0.05) is 12.1 Å². The summed E-state index contributed by atoms with van der Waals surface area (Å²) < 4.78 is 0. The third-order valence-electron chi connectivity index (χ3n) is 2.11. The van der Waals surface area contributed by atoms with Crippen LogP contribution in [0.5, 0.6) is 0 Å². The molecule has 0 aromatic heterocycles. The third-order valence-corrected chi connectivity index (χ3v) is 2.11. The summed E-state index contributed by atoms with van der Waals surface area (Å²) in [4.78, 5) is 0. The van der Waals surface area contributed by atoms with Crippen LogP contribution in [0.25, 0.3) is 0 Å². The lowest BCUT2D eigenvalue weighted by Gasteiger charge is -2.24. The first-order valence-electron chi connectivity index (χ1n) is 4.74. The van der Waals surface area contributed by atoms with E-state index in [1.54, 1.807) is 0 Å². The first kappa shape index (κ1) is 10.1. The van der Waals surface area contributed by atoms with Crippen molar-refractivity contribution in [3.63, 3.8) is 0 Å². The highest BCUT2D eigenvalue weighted by atomic mass is 14.9. The quantitative estimate of drug-likeness (QED) is 0.692. The number of hydrogen-bond acceptors (Lipinski definition) is 1. The molecule has 1 aromatic carbocycles. The summed E-state index contributed by atoms with van der Waals surface area (Å²) >= 11 is 0. The Morgan fingerprint density at radius 1 is 1.08 bits per heavy atom. The number of aryl methyl sites for hydroxylation is 1. The molecule has 0 radical (unpaired) electrons. The lowest BCUT2D eigenvalue weighted by Crippen LogP contribution is -2.26. The van der Waals surface area contributed by atoms with E-state index in [4.69, 9.17) is 0 Å². The summed E-state index contributed by atoms with van der Waals surface area (Å²) in [7, 11) is 0. The minimum Gasteiger partial charge on any atom is -0.380 e. The molecule has 0 spiro atoms. The van der Waals surface area contributed by atoms with Crippen LogP contribution in [-0.4, -0.2) is 5.54 Å². The number of benzene rings is 1. The molecule has 0 heterocycles. The molecule has 1 N–H and O–H groups in total. The Balaban J connectivity index is 2.96. The minimum atomic E-state index is 0.137. The van der Waals surface area contributed by atoms with E-state index in [1.807, 2.05) is 0 Å². The van der Waals surface area contributed by atoms with Crippen LogP contribution in [-0.2, 0) is 0 Å². The Hall–Kier alpha value is -0.980. The molecule has 0 saturated heterocycles. The van der Waals surface area contributed by atoms with Crippen molar-refractivity contribution in [1.29, 1.82) is 0 Å². The molecule has 13 heavy (non-hydrogen) atoms. The molecule has 0 saturated carbocycles. The highest BCUT2D eigenvalue weighted by molar-refractivity contribution is 5.54. The number of nitrogens with one attached hydrogen (secondary N) is 1. The predicted octanol–water partition coefficient (Wildman–Crippen LogP) is 3.51. The van der Waals surface area contributed by atoms with Crippen LogP contribution in [0.2, 0.25) is 0 Å². The molecular formula is C12H19N. The molecule has 1 heteroatoms. The van der Waals surface area contributed by atoms with Crippen LogP contribution in [0, 0.1) is 13.8 Å². The zero-order valence-corrected chi connectivity index (χ0v) is 9.23. The largest absolute Gasteiger partial charge is 0.380 e. The fraction of sp³-hybridized carbons (Fsp3) is 0.500.